The summed E-state index contributed by atoms with van der Waals surface area (Å²) < 4.78 is 12.3. The molecule has 2 fully saturated rings. The Balaban J connectivity index is 1.84. The molecule has 0 bridgehead atoms. The molecule has 1 saturated carbocycles. The van der Waals surface area contributed by atoms with E-state index in [1.807, 2.05) is 0 Å². The number of nitrogens with zero attached hydrogens (tertiary/aromatic N) is 1. The SMILES string of the molecule is O=C(C=C1CCC1)N1CC(F)C1. The number of hydrogen-bond acceptors (Lipinski definition) is 1. The van der Waals surface area contributed by atoms with Gasteiger partial charge in [0.2, 0.25) is 5.91 Å². The topological polar surface area (TPSA) is 20.3 Å². The van der Waals surface area contributed by atoms with Crippen LogP contribution in [0.2, 0.25) is 0 Å². The Morgan fingerprint density at radius 2 is 2.17 bits per heavy atom. The van der Waals surface area contributed by atoms with E-state index in [-0.39, 0.29) is 5.91 Å². The maximum absolute atomic E-state index is 12.3. The van der Waals surface area contributed by atoms with Crippen LogP contribution in [0.3, 0.4) is 0 Å². The summed E-state index contributed by atoms with van der Waals surface area (Å²) in [6, 6.07) is 0. The minimum Gasteiger partial charge on any atom is -0.333 e. The van der Waals surface area contributed by atoms with Crippen LogP contribution in [0.1, 0.15) is 19.3 Å². The van der Waals surface area contributed by atoms with Gasteiger partial charge in [0.1, 0.15) is 6.17 Å². The molecule has 0 unspecified atom stereocenters. The number of rotatable bonds is 1. The molecule has 0 atom stereocenters. The first-order valence-corrected chi connectivity index (χ1v) is 4.38. The minimum absolute atomic E-state index is 0.00130. The van der Waals surface area contributed by atoms with Crippen molar-refractivity contribution in [1.29, 1.82) is 0 Å². The van der Waals surface area contributed by atoms with Gasteiger partial charge in [-0.15, -0.1) is 0 Å². The lowest BCUT2D eigenvalue weighted by atomic mass is 9.92. The van der Waals surface area contributed by atoms with Crippen molar-refractivity contribution in [2.24, 2.45) is 0 Å². The second-order valence-corrected chi connectivity index (χ2v) is 3.50. The largest absolute Gasteiger partial charge is 0.333 e. The molecule has 12 heavy (non-hydrogen) atoms. The maximum atomic E-state index is 12.3. The van der Waals surface area contributed by atoms with E-state index in [1.54, 1.807) is 11.0 Å². The van der Waals surface area contributed by atoms with Crippen molar-refractivity contribution in [3.63, 3.8) is 0 Å². The van der Waals surface area contributed by atoms with Gasteiger partial charge in [-0.05, 0) is 19.3 Å². The summed E-state index contributed by atoms with van der Waals surface area (Å²) in [5.41, 5.74) is 1.22. The lowest BCUT2D eigenvalue weighted by Gasteiger charge is -2.34. The number of alkyl halides is 1. The van der Waals surface area contributed by atoms with E-state index in [2.05, 4.69) is 0 Å². The summed E-state index contributed by atoms with van der Waals surface area (Å²) >= 11 is 0. The lowest BCUT2D eigenvalue weighted by molar-refractivity contribution is -0.132. The van der Waals surface area contributed by atoms with Crippen LogP contribution in [-0.2, 0) is 4.79 Å². The monoisotopic (exact) mass is 169 g/mol. The standard InChI is InChI=1S/C9H12FNO/c10-8-5-11(6-8)9(12)4-7-2-1-3-7/h4,8H,1-3,5-6H2. The maximum Gasteiger partial charge on any atom is 0.246 e. The highest BCUT2D eigenvalue weighted by atomic mass is 19.1. The van der Waals surface area contributed by atoms with Crippen LogP contribution in [-0.4, -0.2) is 30.1 Å². The Hall–Kier alpha value is -0.860. The second-order valence-electron chi connectivity index (χ2n) is 3.50. The summed E-state index contributed by atoms with van der Waals surface area (Å²) in [7, 11) is 0. The molecule has 0 N–H and O–H groups in total. The zero-order chi connectivity index (χ0) is 8.55. The molecule has 0 aromatic rings. The molecule has 0 spiro atoms. The zero-order valence-electron chi connectivity index (χ0n) is 6.92. The molecular weight excluding hydrogens is 157 g/mol. The molecule has 1 saturated heterocycles. The number of likely N-dealkylation sites (tertiary alicyclic amines) is 1. The Morgan fingerprint density at radius 1 is 1.50 bits per heavy atom. The third kappa shape index (κ3) is 1.36. The van der Waals surface area contributed by atoms with E-state index in [9.17, 15) is 9.18 Å². The van der Waals surface area contributed by atoms with Gasteiger partial charge in [-0.3, -0.25) is 4.79 Å². The fraction of sp³-hybridized carbons (Fsp3) is 0.667. The molecule has 2 nitrogen and oxygen atoms in total. The number of allylic oxidation sites excluding steroid dienone is 1. The minimum atomic E-state index is -0.784. The Labute approximate surface area is 71.0 Å². The van der Waals surface area contributed by atoms with Crippen LogP contribution in [0.4, 0.5) is 4.39 Å². The Bertz CT molecular complexity index is 225. The molecule has 1 heterocycles. The molecule has 0 aromatic carbocycles. The van der Waals surface area contributed by atoms with Gasteiger partial charge in [0, 0.05) is 6.08 Å². The van der Waals surface area contributed by atoms with Crippen molar-refractivity contribution >= 4 is 5.91 Å². The van der Waals surface area contributed by atoms with E-state index in [0.29, 0.717) is 13.1 Å². The summed E-state index contributed by atoms with van der Waals surface area (Å²) in [5, 5.41) is 0. The molecule has 1 amide bonds. The average molecular weight is 169 g/mol. The second kappa shape index (κ2) is 2.88. The summed E-state index contributed by atoms with van der Waals surface area (Å²) in [4.78, 5) is 12.8. The van der Waals surface area contributed by atoms with E-state index in [1.165, 1.54) is 12.0 Å². The number of carbonyl (C=O) groups excluding carboxylic acids is 1. The van der Waals surface area contributed by atoms with E-state index >= 15 is 0 Å². The number of halogens is 1. The molecular formula is C9H12FNO. The van der Waals surface area contributed by atoms with Crippen LogP contribution in [0.25, 0.3) is 0 Å². The van der Waals surface area contributed by atoms with Gasteiger partial charge in [0.15, 0.2) is 0 Å². The Morgan fingerprint density at radius 3 is 2.58 bits per heavy atom. The number of hydrogen-bond donors (Lipinski definition) is 0. The molecule has 1 aliphatic carbocycles. The highest BCUT2D eigenvalue weighted by Gasteiger charge is 2.29. The summed E-state index contributed by atoms with van der Waals surface area (Å²) in [6.45, 7) is 0.589. The van der Waals surface area contributed by atoms with Crippen molar-refractivity contribution in [1.82, 2.24) is 4.90 Å². The van der Waals surface area contributed by atoms with Gasteiger partial charge < -0.3 is 4.90 Å². The van der Waals surface area contributed by atoms with E-state index in [0.717, 1.165) is 12.8 Å². The zero-order valence-corrected chi connectivity index (χ0v) is 6.92. The molecule has 2 rings (SSSR count). The first-order chi connectivity index (χ1) is 5.75. The number of amides is 1. The van der Waals surface area contributed by atoms with Crippen LogP contribution in [0, 0.1) is 0 Å². The molecule has 1 aliphatic heterocycles. The smallest absolute Gasteiger partial charge is 0.246 e. The van der Waals surface area contributed by atoms with Crippen molar-refractivity contribution in [3.8, 4) is 0 Å². The van der Waals surface area contributed by atoms with Crippen LogP contribution < -0.4 is 0 Å². The highest BCUT2D eigenvalue weighted by molar-refractivity contribution is 5.89. The van der Waals surface area contributed by atoms with Crippen molar-refractivity contribution in [2.45, 2.75) is 25.4 Å². The molecule has 0 aromatic heterocycles. The van der Waals surface area contributed by atoms with Crippen LogP contribution in [0.15, 0.2) is 11.6 Å². The van der Waals surface area contributed by atoms with Gasteiger partial charge >= 0.3 is 0 Å². The van der Waals surface area contributed by atoms with E-state index in [4.69, 9.17) is 0 Å². The van der Waals surface area contributed by atoms with Crippen molar-refractivity contribution in [2.75, 3.05) is 13.1 Å². The highest BCUT2D eigenvalue weighted by Crippen LogP contribution is 2.25. The fourth-order valence-electron chi connectivity index (χ4n) is 1.40. The van der Waals surface area contributed by atoms with Gasteiger partial charge in [-0.2, -0.15) is 0 Å². The fourth-order valence-corrected chi connectivity index (χ4v) is 1.40. The predicted octanol–water partition coefficient (Wildman–Crippen LogP) is 1.28. The third-order valence-electron chi connectivity index (χ3n) is 2.47. The first-order valence-electron chi connectivity index (χ1n) is 4.38. The normalized spacial score (nSPS) is 23.1. The van der Waals surface area contributed by atoms with Crippen LogP contribution in [0.5, 0.6) is 0 Å². The van der Waals surface area contributed by atoms with Gasteiger partial charge in [-0.25, -0.2) is 4.39 Å². The first kappa shape index (κ1) is 7.77. The predicted molar refractivity (Wildman–Crippen MR) is 43.4 cm³/mol. The van der Waals surface area contributed by atoms with Crippen molar-refractivity contribution < 1.29 is 9.18 Å². The molecule has 0 radical (unpaired) electrons. The van der Waals surface area contributed by atoms with E-state index < -0.39 is 6.17 Å². The van der Waals surface area contributed by atoms with Crippen LogP contribution >= 0.6 is 0 Å². The quantitative estimate of drug-likeness (QED) is 0.541. The van der Waals surface area contributed by atoms with Gasteiger partial charge in [-0.1, -0.05) is 5.57 Å². The van der Waals surface area contributed by atoms with Crippen molar-refractivity contribution in [3.05, 3.63) is 11.6 Å². The lowest BCUT2D eigenvalue weighted by Crippen LogP contribution is -2.51. The average Bonchev–Trinajstić information content (AvgIpc) is 1.90. The third-order valence-corrected chi connectivity index (χ3v) is 2.47. The Kier molecular flexibility index (Phi) is 1.87. The summed E-state index contributed by atoms with van der Waals surface area (Å²) in [6.07, 6.45) is 4.20. The summed E-state index contributed by atoms with van der Waals surface area (Å²) in [5.74, 6) is -0.00130. The van der Waals surface area contributed by atoms with Gasteiger partial charge in [0.05, 0.1) is 13.1 Å². The molecule has 3 heteroatoms. The molecule has 2 aliphatic rings. The molecule has 66 valence electrons. The van der Waals surface area contributed by atoms with Gasteiger partial charge in [0.25, 0.3) is 0 Å². The number of carbonyl (C=O) groups is 1.